The molecule has 0 amide bonds. The molecule has 12 nitrogen and oxygen atoms in total. The van der Waals surface area contributed by atoms with Crippen LogP contribution in [-0.2, 0) is 86.2 Å². The summed E-state index contributed by atoms with van der Waals surface area (Å²) in [6, 6.07) is 0. The molecule has 18 N–H and O–H groups in total. The molecule has 2 radical (unpaired) electrons. The predicted octanol–water partition coefficient (Wildman–Crippen LogP) is -6.02. The SMILES string of the molecule is O.O.O.O.O.O.[Cr].[Cr].[Cr].[Fe+3].[Fe+3].[OH-].[OH-].[OH-].[OH-].[OH-].[OH-]. The Kier molecular flexibility index (Phi) is 91800. The predicted molar refractivity (Wildman–Crippen MR) is 33.3 cm³/mol. The van der Waals surface area contributed by atoms with Crippen molar-refractivity contribution in [1.29, 1.82) is 0 Å². The summed E-state index contributed by atoms with van der Waals surface area (Å²) in [7, 11) is 0. The van der Waals surface area contributed by atoms with E-state index in [1.54, 1.807) is 0 Å². The van der Waals surface area contributed by atoms with Gasteiger partial charge in [0.05, 0.1) is 0 Å². The molecule has 0 atom stereocenters. The average molecular weight is 478 g/mol. The maximum absolute atomic E-state index is 0. The molecule has 0 aromatic heterocycles. The van der Waals surface area contributed by atoms with Gasteiger partial charge in [0.15, 0.2) is 0 Å². The van der Waals surface area contributed by atoms with Crippen LogP contribution in [0, 0.1) is 0 Å². The van der Waals surface area contributed by atoms with Crippen LogP contribution in [0.25, 0.3) is 0 Å². The van der Waals surface area contributed by atoms with Crippen molar-refractivity contribution >= 4 is 0 Å². The molecule has 17 heteroatoms. The van der Waals surface area contributed by atoms with Crippen LogP contribution < -0.4 is 0 Å². The van der Waals surface area contributed by atoms with Gasteiger partial charge in [-0.3, -0.25) is 0 Å². The van der Waals surface area contributed by atoms with Gasteiger partial charge in [0.1, 0.15) is 0 Å². The molecular formula is H18Cr3Fe2O12. The Morgan fingerprint density at radius 1 is 0.235 bits per heavy atom. The summed E-state index contributed by atoms with van der Waals surface area (Å²) in [5, 5.41) is 0. The summed E-state index contributed by atoms with van der Waals surface area (Å²) < 4.78 is 0. The fourth-order valence-corrected chi connectivity index (χ4v) is 0. The van der Waals surface area contributed by atoms with E-state index < -0.39 is 0 Å². The first-order chi connectivity index (χ1) is 0. The Bertz CT molecular complexity index is 19.7. The van der Waals surface area contributed by atoms with E-state index in [2.05, 4.69) is 0 Å². The molecule has 17 heavy (non-hydrogen) atoms. The minimum Gasteiger partial charge on any atom is -0.870 e. The minimum atomic E-state index is 0. The molecule has 0 saturated heterocycles. The van der Waals surface area contributed by atoms with Gasteiger partial charge in [0, 0.05) is 52.1 Å². The molecule has 0 aliphatic rings. The third kappa shape index (κ3) is 1020. The third-order valence-corrected chi connectivity index (χ3v) is 0. The van der Waals surface area contributed by atoms with E-state index in [4.69, 9.17) is 0 Å². The van der Waals surface area contributed by atoms with Gasteiger partial charge in [-0.2, -0.15) is 0 Å². The van der Waals surface area contributed by atoms with Gasteiger partial charge in [-0.25, -0.2) is 0 Å². The summed E-state index contributed by atoms with van der Waals surface area (Å²) in [5.74, 6) is 0. The van der Waals surface area contributed by atoms with E-state index in [1.807, 2.05) is 0 Å². The van der Waals surface area contributed by atoms with Crippen molar-refractivity contribution in [3.63, 3.8) is 0 Å². The van der Waals surface area contributed by atoms with Crippen molar-refractivity contribution in [2.45, 2.75) is 0 Å². The van der Waals surface area contributed by atoms with Crippen molar-refractivity contribution < 1.29 is 152 Å². The number of hydrogen-bond donors (Lipinski definition) is 0. The Balaban J connectivity index is 0. The van der Waals surface area contributed by atoms with Crippen molar-refractivity contribution in [2.24, 2.45) is 0 Å². The largest absolute Gasteiger partial charge is 3.00 e. The second-order valence-corrected chi connectivity index (χ2v) is 0. The zero-order valence-electron chi connectivity index (χ0n) is 7.62. The van der Waals surface area contributed by atoms with Gasteiger partial charge in [0.2, 0.25) is 0 Å². The zero-order chi connectivity index (χ0) is 0. The van der Waals surface area contributed by atoms with E-state index in [9.17, 15) is 0 Å². The topological polar surface area (TPSA) is 369 Å². The molecule has 0 fully saturated rings. The van der Waals surface area contributed by atoms with Gasteiger partial charge in [-0.05, 0) is 0 Å². The van der Waals surface area contributed by atoms with Crippen LogP contribution in [0.3, 0.4) is 0 Å². The van der Waals surface area contributed by atoms with E-state index >= 15 is 0 Å². The van der Waals surface area contributed by atoms with Gasteiger partial charge in [-0.15, -0.1) is 0 Å². The van der Waals surface area contributed by atoms with Crippen LogP contribution in [0.4, 0.5) is 0 Å². The quantitative estimate of drug-likeness (QED) is 0.305. The van der Waals surface area contributed by atoms with Crippen LogP contribution in [0.1, 0.15) is 0 Å². The van der Waals surface area contributed by atoms with Crippen LogP contribution >= 0.6 is 0 Å². The first-order valence-corrected chi connectivity index (χ1v) is 0. The maximum Gasteiger partial charge on any atom is 3.00 e. The first kappa shape index (κ1) is 1360. The number of rotatable bonds is 0. The summed E-state index contributed by atoms with van der Waals surface area (Å²) in [6.45, 7) is 0. The molecule has 0 bridgehead atoms. The average Bonchev–Trinajstić information content (AvgIpc) is 0. The van der Waals surface area contributed by atoms with E-state index in [1.165, 1.54) is 0 Å². The second-order valence-electron chi connectivity index (χ2n) is 0. The zero-order valence-corrected chi connectivity index (χ0v) is 13.6. The summed E-state index contributed by atoms with van der Waals surface area (Å²) in [6.07, 6.45) is 0. The molecule has 0 unspecified atom stereocenters. The molecular weight excluding hydrogens is 460 g/mol. The van der Waals surface area contributed by atoms with Crippen molar-refractivity contribution in [2.75, 3.05) is 0 Å². The standard InChI is InChI=1S/3Cr.2Fe.12H2O/h;;;;;12*1H2/q;;;2*+3;;;;;;;;;;;;/p-6. The van der Waals surface area contributed by atoms with Crippen LogP contribution in [0.5, 0.6) is 0 Å². The summed E-state index contributed by atoms with van der Waals surface area (Å²) in [4.78, 5) is 0. The maximum atomic E-state index is 0. The van der Waals surface area contributed by atoms with Crippen molar-refractivity contribution in [3.8, 4) is 0 Å². The van der Waals surface area contributed by atoms with Gasteiger partial charge < -0.3 is 65.7 Å². The molecule has 0 heterocycles. The van der Waals surface area contributed by atoms with Crippen LogP contribution in [-0.4, -0.2) is 65.7 Å². The van der Waals surface area contributed by atoms with Crippen molar-refractivity contribution in [1.82, 2.24) is 0 Å². The Labute approximate surface area is 151 Å². The van der Waals surface area contributed by atoms with Gasteiger partial charge in [0.25, 0.3) is 0 Å². The first-order valence-electron chi connectivity index (χ1n) is 0. The normalized spacial score (nSPS) is 0. The summed E-state index contributed by atoms with van der Waals surface area (Å²) in [5.41, 5.74) is 0. The van der Waals surface area contributed by atoms with Crippen LogP contribution in [0.2, 0.25) is 0 Å². The molecule has 0 aliphatic heterocycles. The van der Waals surface area contributed by atoms with Gasteiger partial charge in [-0.1, -0.05) is 0 Å². The Morgan fingerprint density at radius 2 is 0.235 bits per heavy atom. The molecule has 0 aromatic rings. The smallest absolute Gasteiger partial charge is 0.870 e. The molecule has 0 saturated carbocycles. The van der Waals surface area contributed by atoms with Crippen LogP contribution in [0.15, 0.2) is 0 Å². The monoisotopic (exact) mass is 478 g/mol. The minimum absolute atomic E-state index is 0. The fourth-order valence-electron chi connectivity index (χ4n) is 0. The Morgan fingerprint density at radius 3 is 0.235 bits per heavy atom. The number of hydrogen-bond acceptors (Lipinski definition) is 6. The molecule has 0 rings (SSSR count). The summed E-state index contributed by atoms with van der Waals surface area (Å²) >= 11 is 0. The van der Waals surface area contributed by atoms with E-state index in [0.717, 1.165) is 0 Å². The van der Waals surface area contributed by atoms with E-state index in [0.29, 0.717) is 0 Å². The van der Waals surface area contributed by atoms with Crippen molar-refractivity contribution in [3.05, 3.63) is 0 Å². The van der Waals surface area contributed by atoms with E-state index in [-0.39, 0.29) is 152 Å². The molecule has 124 valence electrons. The molecule has 0 aromatic carbocycles. The molecule has 0 aliphatic carbocycles. The third-order valence-electron chi connectivity index (χ3n) is 0. The Hall–Kier alpha value is 2.16. The fraction of sp³-hybridized carbons (Fsp3) is 0. The second kappa shape index (κ2) is 1150. The molecule has 0 spiro atoms. The van der Waals surface area contributed by atoms with Gasteiger partial charge >= 0.3 is 34.1 Å².